The van der Waals surface area contributed by atoms with E-state index in [1.807, 2.05) is 0 Å². The molecule has 0 bridgehead atoms. The van der Waals surface area contributed by atoms with Gasteiger partial charge in [-0.1, -0.05) is 0 Å². The normalized spacial score (nSPS) is 24.4. The van der Waals surface area contributed by atoms with Crippen LogP contribution in [0.4, 0.5) is 13.2 Å². The van der Waals surface area contributed by atoms with Gasteiger partial charge in [-0.05, 0) is 22.5 Å². The summed E-state index contributed by atoms with van der Waals surface area (Å²) in [5.74, 6) is -5.51. The molecule has 0 unspecified atom stereocenters. The van der Waals surface area contributed by atoms with Gasteiger partial charge in [-0.3, -0.25) is 0 Å². The fraction of sp³-hybridized carbons (Fsp3) is 0.667. The largest absolute Gasteiger partial charge is 0.450 e. The molecule has 0 aliphatic carbocycles. The minimum atomic E-state index is -4.95. The van der Waals surface area contributed by atoms with Crippen LogP contribution in [-0.2, 0) is 10.2 Å². The predicted molar refractivity (Wildman–Crippen MR) is 51.2 cm³/mol. The van der Waals surface area contributed by atoms with E-state index in [0.717, 1.165) is 0 Å². The Balaban J connectivity index is 3.44. The second kappa shape index (κ2) is 3.51. The first-order valence-corrected chi connectivity index (χ1v) is 8.05. The van der Waals surface area contributed by atoms with E-state index in [4.69, 9.17) is 22.5 Å². The zero-order valence-electron chi connectivity index (χ0n) is 6.90. The minimum absolute atomic E-state index is 0.115. The molecule has 15 heavy (non-hydrogen) atoms. The molecule has 0 radical (unpaired) electrons. The van der Waals surface area contributed by atoms with Crippen LogP contribution in [0.3, 0.4) is 0 Å². The van der Waals surface area contributed by atoms with E-state index in [1.165, 1.54) is 0 Å². The van der Waals surface area contributed by atoms with E-state index in [1.54, 1.807) is 0 Å². The Morgan fingerprint density at radius 1 is 1.40 bits per heavy atom. The van der Waals surface area contributed by atoms with Crippen molar-refractivity contribution in [3.63, 3.8) is 0 Å². The lowest BCUT2D eigenvalue weighted by Gasteiger charge is -2.24. The zero-order chi connectivity index (χ0) is 12.1. The summed E-state index contributed by atoms with van der Waals surface area (Å²) in [5, 5.41) is 0. The SMILES string of the molecule is CN1C(C(F)(F)F)=NP(Cl)(Cl)=NS1(=O)=O. The molecule has 0 saturated heterocycles. The van der Waals surface area contributed by atoms with Crippen molar-refractivity contribution >= 4 is 44.4 Å². The maximum absolute atomic E-state index is 12.3. The predicted octanol–water partition coefficient (Wildman–Crippen LogP) is 2.56. The molecule has 5 nitrogen and oxygen atoms in total. The van der Waals surface area contributed by atoms with Crippen LogP contribution in [0.5, 0.6) is 0 Å². The van der Waals surface area contributed by atoms with Gasteiger partial charge in [0, 0.05) is 7.05 Å². The summed E-state index contributed by atoms with van der Waals surface area (Å²) in [6.07, 6.45) is -4.95. The minimum Gasteiger partial charge on any atom is -0.234 e. The molecular formula is C3H3Cl2F3N3O2PS. The maximum Gasteiger partial charge on any atom is 0.450 e. The molecule has 0 aromatic rings. The highest BCUT2D eigenvalue weighted by molar-refractivity contribution is 8.13. The second-order valence-electron chi connectivity index (χ2n) is 2.40. The van der Waals surface area contributed by atoms with Gasteiger partial charge < -0.3 is 0 Å². The average Bonchev–Trinajstić information content (AvgIpc) is 1.92. The number of hydrogen-bond donors (Lipinski definition) is 0. The van der Waals surface area contributed by atoms with E-state index < -0.39 is 28.1 Å². The average molecular weight is 304 g/mol. The third-order valence-electron chi connectivity index (χ3n) is 1.31. The number of nitrogens with zero attached hydrogens (tertiary/aromatic N) is 3. The van der Waals surface area contributed by atoms with Gasteiger partial charge in [-0.15, -0.1) is 4.15 Å². The Morgan fingerprint density at radius 3 is 2.27 bits per heavy atom. The van der Waals surface area contributed by atoms with Gasteiger partial charge in [0.1, 0.15) is 0 Å². The molecule has 0 amide bonds. The summed E-state index contributed by atoms with van der Waals surface area (Å²) in [5.41, 5.74) is 0. The van der Waals surface area contributed by atoms with Crippen molar-refractivity contribution in [2.45, 2.75) is 6.18 Å². The summed E-state index contributed by atoms with van der Waals surface area (Å²) in [6.45, 7) is 0. The van der Waals surface area contributed by atoms with Crippen molar-refractivity contribution in [3.05, 3.63) is 0 Å². The Hall–Kier alpha value is 0.0200. The molecule has 1 aliphatic rings. The van der Waals surface area contributed by atoms with Crippen LogP contribution in [0.15, 0.2) is 8.91 Å². The molecule has 0 aromatic heterocycles. The summed E-state index contributed by atoms with van der Waals surface area (Å²) < 4.78 is 64.7. The van der Waals surface area contributed by atoms with Crippen LogP contribution < -0.4 is 0 Å². The Bertz CT molecular complexity index is 465. The van der Waals surface area contributed by atoms with Crippen LogP contribution in [0.2, 0.25) is 0 Å². The Labute approximate surface area is 92.7 Å². The summed E-state index contributed by atoms with van der Waals surface area (Å²) in [6, 6.07) is 0. The summed E-state index contributed by atoms with van der Waals surface area (Å²) in [4.78, 5) is 0. The number of amidine groups is 1. The van der Waals surface area contributed by atoms with Crippen LogP contribution >= 0.6 is 28.4 Å². The van der Waals surface area contributed by atoms with Gasteiger partial charge in [-0.2, -0.15) is 26.4 Å². The lowest BCUT2D eigenvalue weighted by Crippen LogP contribution is -2.42. The highest BCUT2D eigenvalue weighted by atomic mass is 35.9. The first-order valence-electron chi connectivity index (χ1n) is 3.15. The number of rotatable bonds is 0. The monoisotopic (exact) mass is 303 g/mol. The van der Waals surface area contributed by atoms with Crippen molar-refractivity contribution in [1.29, 1.82) is 0 Å². The zero-order valence-corrected chi connectivity index (χ0v) is 10.1. The number of halogens is 5. The smallest absolute Gasteiger partial charge is 0.234 e. The van der Waals surface area contributed by atoms with E-state index in [2.05, 4.69) is 8.91 Å². The first-order chi connectivity index (χ1) is 6.46. The van der Waals surface area contributed by atoms with Gasteiger partial charge in [0.2, 0.25) is 5.84 Å². The summed E-state index contributed by atoms with van der Waals surface area (Å²) >= 11 is 10.5. The molecule has 1 heterocycles. The molecule has 0 saturated carbocycles. The van der Waals surface area contributed by atoms with Crippen molar-refractivity contribution in [3.8, 4) is 0 Å². The second-order valence-corrected chi connectivity index (χ2v) is 8.96. The standard InChI is InChI=1S/C3H3Cl2F3N3O2PS/c1-11-2(3(6,7)8)9-14(4,5)10-15(11,12)13/h1H3. The van der Waals surface area contributed by atoms with Gasteiger partial charge in [-0.25, -0.2) is 4.31 Å². The molecule has 0 atom stereocenters. The van der Waals surface area contributed by atoms with Crippen LogP contribution in [0.25, 0.3) is 0 Å². The van der Waals surface area contributed by atoms with Crippen molar-refractivity contribution in [1.82, 2.24) is 4.31 Å². The molecule has 1 rings (SSSR count). The number of hydrogen-bond acceptors (Lipinski definition) is 3. The Morgan fingerprint density at radius 2 is 1.87 bits per heavy atom. The van der Waals surface area contributed by atoms with E-state index in [-0.39, 0.29) is 4.31 Å². The highest BCUT2D eigenvalue weighted by Crippen LogP contribution is 2.64. The third kappa shape index (κ3) is 2.77. The van der Waals surface area contributed by atoms with Crippen molar-refractivity contribution in [2.24, 2.45) is 8.91 Å². The van der Waals surface area contributed by atoms with Gasteiger partial charge in [0.25, 0.3) is 5.91 Å². The lowest BCUT2D eigenvalue weighted by molar-refractivity contribution is -0.0646. The lowest BCUT2D eigenvalue weighted by atomic mass is 10.6. The molecule has 0 fully saturated rings. The van der Waals surface area contributed by atoms with Crippen molar-refractivity contribution in [2.75, 3.05) is 7.05 Å². The van der Waals surface area contributed by atoms with E-state index in [9.17, 15) is 21.6 Å². The molecule has 12 heteroatoms. The molecule has 0 N–H and O–H groups in total. The topological polar surface area (TPSA) is 62.1 Å². The number of alkyl halides is 3. The third-order valence-corrected chi connectivity index (χ3v) is 5.79. The van der Waals surface area contributed by atoms with Gasteiger partial charge in [0.15, 0.2) is 0 Å². The quantitative estimate of drug-likeness (QED) is 0.646. The van der Waals surface area contributed by atoms with Crippen LogP contribution in [-0.4, -0.2) is 31.8 Å². The van der Waals surface area contributed by atoms with E-state index in [0.29, 0.717) is 7.05 Å². The van der Waals surface area contributed by atoms with Crippen LogP contribution in [0, 0.1) is 0 Å². The fourth-order valence-corrected chi connectivity index (χ4v) is 5.03. The molecule has 0 spiro atoms. The van der Waals surface area contributed by atoms with Crippen LogP contribution in [0.1, 0.15) is 0 Å². The van der Waals surface area contributed by atoms with Gasteiger partial charge in [0.05, 0.1) is 0 Å². The van der Waals surface area contributed by atoms with Crippen molar-refractivity contribution < 1.29 is 21.6 Å². The molecular weight excluding hydrogens is 301 g/mol. The summed E-state index contributed by atoms with van der Waals surface area (Å²) in [7, 11) is -3.84. The molecule has 88 valence electrons. The van der Waals surface area contributed by atoms with Gasteiger partial charge >= 0.3 is 16.4 Å². The highest BCUT2D eigenvalue weighted by Gasteiger charge is 2.46. The maximum atomic E-state index is 12.3. The molecule has 0 aromatic carbocycles. The Kier molecular flexibility index (Phi) is 3.06. The van der Waals surface area contributed by atoms with E-state index >= 15 is 0 Å². The first kappa shape index (κ1) is 13.1. The molecule has 1 aliphatic heterocycles. The fourth-order valence-electron chi connectivity index (χ4n) is 0.719.